The van der Waals surface area contributed by atoms with Gasteiger partial charge in [-0.3, -0.25) is 4.90 Å². The van der Waals surface area contributed by atoms with Crippen LogP contribution in [0.2, 0.25) is 0 Å². The molecule has 2 heterocycles. The van der Waals surface area contributed by atoms with Crippen molar-refractivity contribution >= 4 is 11.8 Å². The normalized spacial score (nSPS) is 17.1. The van der Waals surface area contributed by atoms with E-state index in [1.54, 1.807) is 17.4 Å². The number of imidazole rings is 1. The summed E-state index contributed by atoms with van der Waals surface area (Å²) in [6, 6.07) is -0.0609. The molecule has 2 rings (SSSR count). The molecule has 1 saturated heterocycles. The molecule has 1 fully saturated rings. The van der Waals surface area contributed by atoms with Gasteiger partial charge in [0.05, 0.1) is 12.5 Å². The molecule has 0 atom stereocenters. The molecule has 0 saturated carbocycles. The molecule has 1 aliphatic heterocycles. The van der Waals surface area contributed by atoms with Crippen molar-refractivity contribution in [2.75, 3.05) is 18.0 Å². The SMILES string of the molecule is O=C1NCCN1c1cnc[nH]1. The molecule has 11 heavy (non-hydrogen) atoms. The number of carbonyl (C=O) groups is 1. The lowest BCUT2D eigenvalue weighted by molar-refractivity contribution is 0.252. The van der Waals surface area contributed by atoms with Crippen molar-refractivity contribution in [1.82, 2.24) is 15.3 Å². The third kappa shape index (κ3) is 0.938. The molecule has 1 aliphatic rings. The fourth-order valence-corrected chi connectivity index (χ4v) is 1.10. The number of amides is 2. The largest absolute Gasteiger partial charge is 0.336 e. The van der Waals surface area contributed by atoms with Crippen LogP contribution in [0.15, 0.2) is 12.5 Å². The molecule has 0 radical (unpaired) electrons. The van der Waals surface area contributed by atoms with Crippen LogP contribution >= 0.6 is 0 Å². The van der Waals surface area contributed by atoms with Crippen LogP contribution in [0.1, 0.15) is 0 Å². The minimum atomic E-state index is -0.0609. The summed E-state index contributed by atoms with van der Waals surface area (Å²) < 4.78 is 0. The highest BCUT2D eigenvalue weighted by Gasteiger charge is 2.21. The number of hydrogen-bond donors (Lipinski definition) is 2. The lowest BCUT2D eigenvalue weighted by atomic mass is 10.6. The zero-order valence-electron chi connectivity index (χ0n) is 5.87. The molecule has 0 aliphatic carbocycles. The number of rotatable bonds is 1. The van der Waals surface area contributed by atoms with Crippen LogP contribution in [-0.4, -0.2) is 29.1 Å². The van der Waals surface area contributed by atoms with Gasteiger partial charge in [-0.2, -0.15) is 0 Å². The van der Waals surface area contributed by atoms with Gasteiger partial charge in [0, 0.05) is 13.1 Å². The highest BCUT2D eigenvalue weighted by molar-refractivity contribution is 5.92. The Morgan fingerprint density at radius 3 is 3.09 bits per heavy atom. The number of aromatic nitrogens is 2. The van der Waals surface area contributed by atoms with Crippen molar-refractivity contribution < 1.29 is 4.79 Å². The number of anilines is 1. The summed E-state index contributed by atoms with van der Waals surface area (Å²) in [5.41, 5.74) is 0. The second-order valence-electron chi connectivity index (χ2n) is 2.32. The maximum Gasteiger partial charge on any atom is 0.323 e. The van der Waals surface area contributed by atoms with Gasteiger partial charge in [0.15, 0.2) is 0 Å². The minimum Gasteiger partial charge on any atom is -0.336 e. The van der Waals surface area contributed by atoms with E-state index in [1.165, 1.54) is 0 Å². The Morgan fingerprint density at radius 1 is 1.64 bits per heavy atom. The fourth-order valence-electron chi connectivity index (χ4n) is 1.10. The first-order chi connectivity index (χ1) is 5.38. The van der Waals surface area contributed by atoms with Crippen molar-refractivity contribution in [3.8, 4) is 0 Å². The van der Waals surface area contributed by atoms with Gasteiger partial charge in [0.25, 0.3) is 0 Å². The standard InChI is InChI=1S/C6H8N4O/c11-6-8-1-2-10(6)5-3-7-4-9-5/h3-4H,1-2H2,(H,7,9)(H,8,11). The first-order valence-electron chi connectivity index (χ1n) is 3.41. The second kappa shape index (κ2) is 2.26. The van der Waals surface area contributed by atoms with Crippen LogP contribution in [0.4, 0.5) is 10.6 Å². The average molecular weight is 152 g/mol. The first-order valence-corrected chi connectivity index (χ1v) is 3.41. The first kappa shape index (κ1) is 6.21. The molecule has 0 bridgehead atoms. The molecule has 0 aromatic carbocycles. The van der Waals surface area contributed by atoms with Crippen LogP contribution < -0.4 is 10.2 Å². The molecular weight excluding hydrogens is 144 g/mol. The predicted octanol–water partition coefficient (Wildman–Crippen LogP) is -0.0607. The number of nitrogens with one attached hydrogen (secondary N) is 2. The maximum absolute atomic E-state index is 11.0. The van der Waals surface area contributed by atoms with Crippen molar-refractivity contribution in [3.05, 3.63) is 12.5 Å². The van der Waals surface area contributed by atoms with Crippen molar-refractivity contribution in [1.29, 1.82) is 0 Å². The molecule has 5 heteroatoms. The van der Waals surface area contributed by atoms with Gasteiger partial charge >= 0.3 is 6.03 Å². The van der Waals surface area contributed by atoms with Gasteiger partial charge in [-0.1, -0.05) is 0 Å². The Labute approximate surface area is 63.4 Å². The molecule has 0 unspecified atom stereocenters. The van der Waals surface area contributed by atoms with E-state index in [4.69, 9.17) is 0 Å². The van der Waals surface area contributed by atoms with E-state index >= 15 is 0 Å². The van der Waals surface area contributed by atoms with Gasteiger partial charge in [-0.25, -0.2) is 9.78 Å². The van der Waals surface area contributed by atoms with Gasteiger partial charge in [-0.05, 0) is 0 Å². The third-order valence-corrected chi connectivity index (χ3v) is 1.63. The maximum atomic E-state index is 11.0. The number of nitrogens with zero attached hydrogens (tertiary/aromatic N) is 2. The number of aromatic amines is 1. The highest BCUT2D eigenvalue weighted by Crippen LogP contribution is 2.10. The summed E-state index contributed by atoms with van der Waals surface area (Å²) in [6.07, 6.45) is 3.19. The van der Waals surface area contributed by atoms with E-state index in [0.717, 1.165) is 5.82 Å². The van der Waals surface area contributed by atoms with Crippen LogP contribution in [0.25, 0.3) is 0 Å². The predicted molar refractivity (Wildman–Crippen MR) is 39.3 cm³/mol. The molecule has 2 amide bonds. The highest BCUT2D eigenvalue weighted by atomic mass is 16.2. The third-order valence-electron chi connectivity index (χ3n) is 1.63. The molecule has 2 N–H and O–H groups in total. The Kier molecular flexibility index (Phi) is 1.28. The molecule has 5 nitrogen and oxygen atoms in total. The topological polar surface area (TPSA) is 61.0 Å². The van der Waals surface area contributed by atoms with E-state index in [9.17, 15) is 4.79 Å². The minimum absolute atomic E-state index is 0.0609. The summed E-state index contributed by atoms with van der Waals surface area (Å²) in [7, 11) is 0. The Hall–Kier alpha value is -1.52. The zero-order chi connectivity index (χ0) is 7.68. The van der Waals surface area contributed by atoms with Crippen LogP contribution in [0, 0.1) is 0 Å². The Bertz CT molecular complexity index is 256. The van der Waals surface area contributed by atoms with Crippen LogP contribution in [0.3, 0.4) is 0 Å². The number of hydrogen-bond acceptors (Lipinski definition) is 2. The van der Waals surface area contributed by atoms with E-state index in [-0.39, 0.29) is 6.03 Å². The fraction of sp³-hybridized carbons (Fsp3) is 0.333. The smallest absolute Gasteiger partial charge is 0.323 e. The summed E-state index contributed by atoms with van der Waals surface area (Å²) in [5, 5.41) is 2.70. The molecular formula is C6H8N4O. The monoisotopic (exact) mass is 152 g/mol. The van der Waals surface area contributed by atoms with Crippen LogP contribution in [0.5, 0.6) is 0 Å². The number of urea groups is 1. The van der Waals surface area contributed by atoms with Crippen molar-refractivity contribution in [2.24, 2.45) is 0 Å². The number of H-pyrrole nitrogens is 1. The number of carbonyl (C=O) groups excluding carboxylic acids is 1. The second-order valence-corrected chi connectivity index (χ2v) is 2.32. The van der Waals surface area contributed by atoms with Gasteiger partial charge in [-0.15, -0.1) is 0 Å². The Morgan fingerprint density at radius 2 is 2.55 bits per heavy atom. The molecule has 1 aromatic heterocycles. The van der Waals surface area contributed by atoms with Gasteiger partial charge < -0.3 is 10.3 Å². The summed E-state index contributed by atoms with van der Waals surface area (Å²) in [4.78, 5) is 19.3. The van der Waals surface area contributed by atoms with E-state index in [2.05, 4.69) is 15.3 Å². The van der Waals surface area contributed by atoms with E-state index in [1.807, 2.05) is 0 Å². The van der Waals surface area contributed by atoms with Crippen molar-refractivity contribution in [2.45, 2.75) is 0 Å². The average Bonchev–Trinajstić information content (AvgIpc) is 2.55. The lowest BCUT2D eigenvalue weighted by Crippen LogP contribution is -2.27. The van der Waals surface area contributed by atoms with E-state index in [0.29, 0.717) is 13.1 Å². The quantitative estimate of drug-likeness (QED) is 0.592. The summed E-state index contributed by atoms with van der Waals surface area (Å²) >= 11 is 0. The van der Waals surface area contributed by atoms with Gasteiger partial charge in [0.1, 0.15) is 5.82 Å². The van der Waals surface area contributed by atoms with E-state index < -0.39 is 0 Å². The molecule has 1 aromatic rings. The zero-order valence-corrected chi connectivity index (χ0v) is 5.87. The summed E-state index contributed by atoms with van der Waals surface area (Å²) in [6.45, 7) is 1.42. The summed E-state index contributed by atoms with van der Waals surface area (Å²) in [5.74, 6) is 0.750. The van der Waals surface area contributed by atoms with Gasteiger partial charge in [0.2, 0.25) is 0 Å². The van der Waals surface area contributed by atoms with Crippen molar-refractivity contribution in [3.63, 3.8) is 0 Å². The molecule has 58 valence electrons. The Balaban J connectivity index is 2.23. The lowest BCUT2D eigenvalue weighted by Gasteiger charge is -2.09. The molecule has 0 spiro atoms. The van der Waals surface area contributed by atoms with Crippen LogP contribution in [-0.2, 0) is 0 Å².